The summed E-state index contributed by atoms with van der Waals surface area (Å²) in [5.41, 5.74) is 0.757. The van der Waals surface area contributed by atoms with Gasteiger partial charge in [-0.25, -0.2) is 4.79 Å². The summed E-state index contributed by atoms with van der Waals surface area (Å²) < 4.78 is 5.22. The average Bonchev–Trinajstić information content (AvgIpc) is 3.15. The number of hydrogen-bond acceptors (Lipinski definition) is 3. The van der Waals surface area contributed by atoms with Crippen LogP contribution < -0.4 is 20.3 Å². The van der Waals surface area contributed by atoms with Gasteiger partial charge in [-0.05, 0) is 42.8 Å². The van der Waals surface area contributed by atoms with E-state index in [0.29, 0.717) is 12.1 Å². The second-order valence-corrected chi connectivity index (χ2v) is 8.69. The van der Waals surface area contributed by atoms with Crippen LogP contribution >= 0.6 is 11.3 Å². The first-order valence-corrected chi connectivity index (χ1v) is 10.7. The summed E-state index contributed by atoms with van der Waals surface area (Å²) in [5.74, 6) is 0.743. The lowest BCUT2D eigenvalue weighted by Crippen LogP contribution is -3.20. The number of carbonyl (C=O) groups excluding carboxylic acids is 1. The van der Waals surface area contributed by atoms with E-state index in [1.807, 2.05) is 35.6 Å². The summed E-state index contributed by atoms with van der Waals surface area (Å²) in [6.07, 6.45) is 6.01. The fourth-order valence-electron chi connectivity index (χ4n) is 4.71. The quantitative estimate of drug-likeness (QED) is 0.740. The van der Waals surface area contributed by atoms with E-state index in [1.165, 1.54) is 24.1 Å². The molecule has 2 fully saturated rings. The van der Waals surface area contributed by atoms with Crippen LogP contribution in [0.2, 0.25) is 0 Å². The van der Waals surface area contributed by atoms with E-state index < -0.39 is 0 Å². The molecule has 4 rings (SSSR count). The Morgan fingerprint density at radius 2 is 2.04 bits per heavy atom. The Morgan fingerprint density at radius 3 is 2.74 bits per heavy atom. The predicted molar refractivity (Wildman–Crippen MR) is 109 cm³/mol. The molecular weight excluding hydrogens is 358 g/mol. The second kappa shape index (κ2) is 8.31. The molecule has 2 aliphatic heterocycles. The molecular formula is C21H28N3O2S+. The summed E-state index contributed by atoms with van der Waals surface area (Å²) in [6.45, 7) is 1.13. The van der Waals surface area contributed by atoms with Crippen molar-refractivity contribution in [3.63, 3.8) is 0 Å². The fourth-order valence-corrected chi connectivity index (χ4v) is 5.45. The van der Waals surface area contributed by atoms with Crippen LogP contribution in [0.1, 0.15) is 37.0 Å². The standard InChI is InChI=1S/C21H27N3O2S/c1-26-19-8-2-5-15(13-19)22-21(25)23-16-11-17-6-3-7-18(12-16)24(17)14-20-9-4-10-27-20/h2,4-5,8-10,13,16-18H,3,6-7,11-12,14H2,1H3,(H2,22,23,25)/p+1/t16?,17-,18+. The number of methoxy groups -OCH3 is 1. The van der Waals surface area contributed by atoms with Crippen molar-refractivity contribution in [2.75, 3.05) is 12.4 Å². The lowest BCUT2D eigenvalue weighted by molar-refractivity contribution is -0.973. The molecule has 2 aromatic rings. The van der Waals surface area contributed by atoms with Gasteiger partial charge in [0.15, 0.2) is 0 Å². The van der Waals surface area contributed by atoms with Crippen molar-refractivity contribution in [2.24, 2.45) is 0 Å². The number of amides is 2. The van der Waals surface area contributed by atoms with Gasteiger partial charge in [0.1, 0.15) is 12.3 Å². The first kappa shape index (κ1) is 18.3. The highest BCUT2D eigenvalue weighted by Crippen LogP contribution is 2.24. The second-order valence-electron chi connectivity index (χ2n) is 7.65. The van der Waals surface area contributed by atoms with Gasteiger partial charge in [0.05, 0.1) is 24.1 Å². The van der Waals surface area contributed by atoms with Crippen LogP contribution in [0.4, 0.5) is 10.5 Å². The fraction of sp³-hybridized carbons (Fsp3) is 0.476. The highest BCUT2D eigenvalue weighted by Gasteiger charge is 2.42. The molecule has 2 amide bonds. The van der Waals surface area contributed by atoms with Crippen molar-refractivity contribution in [3.8, 4) is 5.75 Å². The molecule has 5 nitrogen and oxygen atoms in total. The molecule has 6 heteroatoms. The molecule has 2 aliphatic rings. The zero-order chi connectivity index (χ0) is 18.6. The molecule has 0 spiro atoms. The van der Waals surface area contributed by atoms with Crippen LogP contribution in [-0.2, 0) is 6.54 Å². The molecule has 0 radical (unpaired) electrons. The molecule has 0 saturated carbocycles. The third kappa shape index (κ3) is 4.45. The van der Waals surface area contributed by atoms with Crippen LogP contribution in [0.25, 0.3) is 0 Å². The molecule has 0 aliphatic carbocycles. The highest BCUT2D eigenvalue weighted by atomic mass is 32.1. The maximum absolute atomic E-state index is 12.5. The molecule has 3 N–H and O–H groups in total. The number of nitrogens with one attached hydrogen (secondary N) is 3. The average molecular weight is 387 g/mol. The topological polar surface area (TPSA) is 54.8 Å². The Labute approximate surface area is 164 Å². The van der Waals surface area contributed by atoms with Gasteiger partial charge >= 0.3 is 6.03 Å². The van der Waals surface area contributed by atoms with E-state index in [0.717, 1.165) is 30.8 Å². The zero-order valence-corrected chi connectivity index (χ0v) is 16.6. The lowest BCUT2D eigenvalue weighted by Gasteiger charge is -2.45. The summed E-state index contributed by atoms with van der Waals surface area (Å²) in [6, 6.07) is 13.3. The Balaban J connectivity index is 1.34. The van der Waals surface area contributed by atoms with E-state index in [2.05, 4.69) is 28.1 Å². The van der Waals surface area contributed by atoms with Crippen molar-refractivity contribution in [3.05, 3.63) is 46.7 Å². The number of fused-ring (bicyclic) bond motifs is 2. The number of hydrogen-bond donors (Lipinski definition) is 3. The Kier molecular flexibility index (Phi) is 5.64. The molecule has 144 valence electrons. The maximum Gasteiger partial charge on any atom is 0.319 e. The number of quaternary nitrogens is 1. The summed E-state index contributed by atoms with van der Waals surface area (Å²) in [4.78, 5) is 15.7. The largest absolute Gasteiger partial charge is 0.497 e. The molecule has 3 heterocycles. The molecule has 2 unspecified atom stereocenters. The number of thiophene rings is 1. The van der Waals surface area contributed by atoms with E-state index in [9.17, 15) is 4.79 Å². The zero-order valence-electron chi connectivity index (χ0n) is 15.7. The number of rotatable bonds is 5. The molecule has 27 heavy (non-hydrogen) atoms. The van der Waals surface area contributed by atoms with Crippen LogP contribution in [0, 0.1) is 0 Å². The van der Waals surface area contributed by atoms with Gasteiger partial charge < -0.3 is 20.3 Å². The van der Waals surface area contributed by atoms with Gasteiger partial charge in [-0.3, -0.25) is 0 Å². The normalized spacial score (nSPS) is 27.0. The number of carbonyl (C=O) groups is 1. The van der Waals surface area contributed by atoms with Crippen molar-refractivity contribution >= 4 is 23.1 Å². The van der Waals surface area contributed by atoms with E-state index >= 15 is 0 Å². The van der Waals surface area contributed by atoms with Gasteiger partial charge in [-0.1, -0.05) is 12.1 Å². The lowest BCUT2D eigenvalue weighted by atomic mass is 9.81. The SMILES string of the molecule is COc1cccc(NC(=O)NC2C[C@H]3CCC[C@@H](C2)[NH+]3Cc2cccs2)c1. The van der Waals surface area contributed by atoms with Gasteiger partial charge in [0.25, 0.3) is 0 Å². The minimum absolute atomic E-state index is 0.118. The summed E-state index contributed by atoms with van der Waals surface area (Å²) >= 11 is 1.86. The van der Waals surface area contributed by atoms with Crippen molar-refractivity contribution in [1.29, 1.82) is 0 Å². The summed E-state index contributed by atoms with van der Waals surface area (Å²) in [7, 11) is 1.63. The third-order valence-electron chi connectivity index (χ3n) is 5.91. The van der Waals surface area contributed by atoms with Crippen molar-refractivity contribution < 1.29 is 14.4 Å². The van der Waals surface area contributed by atoms with Crippen LogP contribution in [-0.4, -0.2) is 31.3 Å². The van der Waals surface area contributed by atoms with E-state index in [1.54, 1.807) is 12.0 Å². The first-order chi connectivity index (χ1) is 13.2. The van der Waals surface area contributed by atoms with Gasteiger partial charge in [0, 0.05) is 30.6 Å². The Morgan fingerprint density at radius 1 is 1.22 bits per heavy atom. The predicted octanol–water partition coefficient (Wildman–Crippen LogP) is 3.05. The third-order valence-corrected chi connectivity index (χ3v) is 6.79. The van der Waals surface area contributed by atoms with Crippen molar-refractivity contribution in [2.45, 2.75) is 56.8 Å². The molecule has 2 bridgehead atoms. The van der Waals surface area contributed by atoms with E-state index in [4.69, 9.17) is 4.74 Å². The first-order valence-electron chi connectivity index (χ1n) is 9.81. The van der Waals surface area contributed by atoms with Crippen LogP contribution in [0.3, 0.4) is 0 Å². The Hall–Kier alpha value is -2.05. The maximum atomic E-state index is 12.5. The molecule has 1 aromatic carbocycles. The minimum atomic E-state index is -0.118. The molecule has 1 aromatic heterocycles. The van der Waals surface area contributed by atoms with Gasteiger partial charge in [-0.2, -0.15) is 0 Å². The Bertz CT molecular complexity index is 751. The smallest absolute Gasteiger partial charge is 0.319 e. The van der Waals surface area contributed by atoms with Crippen LogP contribution in [0.5, 0.6) is 5.75 Å². The number of piperidine rings is 2. The molecule has 2 saturated heterocycles. The van der Waals surface area contributed by atoms with Crippen molar-refractivity contribution in [1.82, 2.24) is 5.32 Å². The van der Waals surface area contributed by atoms with Gasteiger partial charge in [-0.15, -0.1) is 11.3 Å². The number of benzene rings is 1. The summed E-state index contributed by atoms with van der Waals surface area (Å²) in [5, 5.41) is 8.32. The highest BCUT2D eigenvalue weighted by molar-refractivity contribution is 7.09. The molecule has 4 atom stereocenters. The van der Waals surface area contributed by atoms with Crippen LogP contribution in [0.15, 0.2) is 41.8 Å². The number of urea groups is 1. The minimum Gasteiger partial charge on any atom is -0.497 e. The van der Waals surface area contributed by atoms with E-state index in [-0.39, 0.29) is 12.1 Å². The number of anilines is 1. The monoisotopic (exact) mass is 386 g/mol. The van der Waals surface area contributed by atoms with Gasteiger partial charge in [0.2, 0.25) is 0 Å². The number of ether oxygens (including phenoxy) is 1.